The number of anilines is 2. The van der Waals surface area contributed by atoms with Gasteiger partial charge in [-0.25, -0.2) is 15.0 Å². The van der Waals surface area contributed by atoms with Gasteiger partial charge in [-0.15, -0.1) is 5.10 Å². The summed E-state index contributed by atoms with van der Waals surface area (Å²) in [5.74, 6) is 2.45. The molecule has 1 fully saturated rings. The quantitative estimate of drug-likeness (QED) is 0.574. The standard InChI is InChI=1S/C19H20N8O/c20-19-22-12-14(18-23-17(24-27(18)19)15-4-3-11-28-15)13-25-7-9-26(10-8-25)16-5-1-2-6-21-16/h1-6,11-12H,7-10,13H2,(H2,20,22). The molecule has 4 aromatic heterocycles. The van der Waals surface area contributed by atoms with Crippen LogP contribution >= 0.6 is 0 Å². The fraction of sp³-hybridized carbons (Fsp3) is 0.263. The summed E-state index contributed by atoms with van der Waals surface area (Å²) in [6.45, 7) is 4.47. The molecule has 0 saturated carbocycles. The highest BCUT2D eigenvalue weighted by atomic mass is 16.3. The maximum Gasteiger partial charge on any atom is 0.223 e. The van der Waals surface area contributed by atoms with Crippen molar-refractivity contribution in [2.75, 3.05) is 36.8 Å². The molecule has 4 aromatic rings. The molecule has 0 unspecified atom stereocenters. The number of aromatic nitrogens is 5. The highest BCUT2D eigenvalue weighted by Crippen LogP contribution is 2.21. The number of nitrogen functional groups attached to an aromatic ring is 1. The maximum atomic E-state index is 6.00. The first-order chi connectivity index (χ1) is 13.8. The summed E-state index contributed by atoms with van der Waals surface area (Å²) in [6, 6.07) is 9.65. The third kappa shape index (κ3) is 3.05. The van der Waals surface area contributed by atoms with Crippen molar-refractivity contribution in [2.24, 2.45) is 0 Å². The van der Waals surface area contributed by atoms with Gasteiger partial charge in [-0.3, -0.25) is 4.90 Å². The number of rotatable bonds is 4. The number of nitrogens with two attached hydrogens (primary N) is 1. The molecule has 5 rings (SSSR count). The summed E-state index contributed by atoms with van der Waals surface area (Å²) >= 11 is 0. The van der Waals surface area contributed by atoms with E-state index < -0.39 is 0 Å². The Bertz CT molecular complexity index is 1070. The Labute approximate surface area is 161 Å². The molecule has 142 valence electrons. The van der Waals surface area contributed by atoms with Crippen LogP contribution in [-0.4, -0.2) is 55.6 Å². The molecular weight excluding hydrogens is 356 g/mol. The van der Waals surface area contributed by atoms with E-state index in [1.54, 1.807) is 17.0 Å². The molecule has 5 heterocycles. The summed E-state index contributed by atoms with van der Waals surface area (Å²) in [6.07, 6.45) is 5.22. The zero-order valence-electron chi connectivity index (χ0n) is 15.3. The molecule has 28 heavy (non-hydrogen) atoms. The van der Waals surface area contributed by atoms with Crippen molar-refractivity contribution in [3.63, 3.8) is 0 Å². The first-order valence-electron chi connectivity index (χ1n) is 9.20. The van der Waals surface area contributed by atoms with Gasteiger partial charge in [0.2, 0.25) is 11.8 Å². The number of hydrogen-bond acceptors (Lipinski definition) is 8. The molecule has 0 atom stereocenters. The fourth-order valence-corrected chi connectivity index (χ4v) is 3.47. The summed E-state index contributed by atoms with van der Waals surface area (Å²) in [5.41, 5.74) is 7.70. The molecule has 0 amide bonds. The lowest BCUT2D eigenvalue weighted by molar-refractivity contribution is 0.249. The average Bonchev–Trinajstić information content (AvgIpc) is 3.42. The van der Waals surface area contributed by atoms with Crippen LogP contribution in [0.4, 0.5) is 11.8 Å². The molecule has 0 bridgehead atoms. The van der Waals surface area contributed by atoms with Gasteiger partial charge in [0.25, 0.3) is 0 Å². The van der Waals surface area contributed by atoms with Crippen LogP contribution in [0.5, 0.6) is 0 Å². The lowest BCUT2D eigenvalue weighted by atomic mass is 10.2. The Kier molecular flexibility index (Phi) is 4.13. The number of hydrogen-bond donors (Lipinski definition) is 1. The van der Waals surface area contributed by atoms with Gasteiger partial charge in [-0.2, -0.15) is 4.52 Å². The van der Waals surface area contributed by atoms with E-state index in [0.717, 1.165) is 44.1 Å². The minimum atomic E-state index is 0.309. The number of nitrogens with zero attached hydrogens (tertiary/aromatic N) is 7. The van der Waals surface area contributed by atoms with Crippen molar-refractivity contribution in [2.45, 2.75) is 6.54 Å². The smallest absolute Gasteiger partial charge is 0.223 e. The van der Waals surface area contributed by atoms with Crippen molar-refractivity contribution in [3.8, 4) is 11.6 Å². The molecule has 0 aromatic carbocycles. The SMILES string of the molecule is Nc1ncc(CN2CCN(c3ccccn3)CC2)c2nc(-c3ccco3)nn12. The topological polar surface area (TPSA) is 102 Å². The van der Waals surface area contributed by atoms with E-state index in [9.17, 15) is 0 Å². The number of pyridine rings is 1. The van der Waals surface area contributed by atoms with Crippen LogP contribution in [0.15, 0.2) is 53.4 Å². The van der Waals surface area contributed by atoms with Crippen LogP contribution in [0.2, 0.25) is 0 Å². The van der Waals surface area contributed by atoms with E-state index in [1.807, 2.05) is 30.5 Å². The zero-order valence-corrected chi connectivity index (χ0v) is 15.3. The zero-order chi connectivity index (χ0) is 18.9. The Morgan fingerprint density at radius 1 is 1.04 bits per heavy atom. The Morgan fingerprint density at radius 3 is 2.68 bits per heavy atom. The molecule has 1 saturated heterocycles. The van der Waals surface area contributed by atoms with E-state index in [4.69, 9.17) is 10.2 Å². The first kappa shape index (κ1) is 16.7. The monoisotopic (exact) mass is 376 g/mol. The van der Waals surface area contributed by atoms with Crippen molar-refractivity contribution in [1.82, 2.24) is 29.5 Å². The highest BCUT2D eigenvalue weighted by molar-refractivity contribution is 5.57. The summed E-state index contributed by atoms with van der Waals surface area (Å²) in [4.78, 5) is 18.1. The van der Waals surface area contributed by atoms with E-state index in [1.165, 1.54) is 0 Å². The van der Waals surface area contributed by atoms with Gasteiger partial charge in [-0.1, -0.05) is 6.07 Å². The highest BCUT2D eigenvalue weighted by Gasteiger charge is 2.21. The molecule has 0 radical (unpaired) electrons. The van der Waals surface area contributed by atoms with E-state index >= 15 is 0 Å². The van der Waals surface area contributed by atoms with E-state index in [2.05, 4.69) is 35.9 Å². The number of fused-ring (bicyclic) bond motifs is 1. The molecule has 1 aliphatic rings. The van der Waals surface area contributed by atoms with Crippen molar-refractivity contribution < 1.29 is 4.42 Å². The van der Waals surface area contributed by atoms with Gasteiger partial charge < -0.3 is 15.1 Å². The first-order valence-corrected chi connectivity index (χ1v) is 9.20. The van der Waals surface area contributed by atoms with Crippen LogP contribution in [0.1, 0.15) is 5.56 Å². The Morgan fingerprint density at radius 2 is 1.93 bits per heavy atom. The van der Waals surface area contributed by atoms with Gasteiger partial charge >= 0.3 is 0 Å². The largest absolute Gasteiger partial charge is 0.461 e. The normalized spacial score (nSPS) is 15.4. The minimum absolute atomic E-state index is 0.309. The predicted octanol–water partition coefficient (Wildman–Crippen LogP) is 1.68. The van der Waals surface area contributed by atoms with Crippen LogP contribution in [-0.2, 0) is 6.54 Å². The second-order valence-corrected chi connectivity index (χ2v) is 6.74. The molecule has 9 nitrogen and oxygen atoms in total. The van der Waals surface area contributed by atoms with Crippen molar-refractivity contribution in [3.05, 3.63) is 54.6 Å². The molecule has 1 aliphatic heterocycles. The van der Waals surface area contributed by atoms with Crippen LogP contribution in [0.25, 0.3) is 17.2 Å². The van der Waals surface area contributed by atoms with Gasteiger partial charge in [0.1, 0.15) is 5.82 Å². The second kappa shape index (κ2) is 6.93. The molecular formula is C19H20N8O. The van der Waals surface area contributed by atoms with Gasteiger partial charge in [-0.05, 0) is 24.3 Å². The number of piperazine rings is 1. The predicted molar refractivity (Wildman–Crippen MR) is 105 cm³/mol. The van der Waals surface area contributed by atoms with Crippen molar-refractivity contribution >= 4 is 17.4 Å². The second-order valence-electron chi connectivity index (χ2n) is 6.74. The minimum Gasteiger partial charge on any atom is -0.461 e. The van der Waals surface area contributed by atoms with Crippen LogP contribution in [0, 0.1) is 0 Å². The van der Waals surface area contributed by atoms with Crippen molar-refractivity contribution in [1.29, 1.82) is 0 Å². The lowest BCUT2D eigenvalue weighted by Gasteiger charge is -2.35. The number of furan rings is 1. The van der Waals surface area contributed by atoms with Crippen LogP contribution in [0.3, 0.4) is 0 Å². The van der Waals surface area contributed by atoms with Crippen LogP contribution < -0.4 is 10.6 Å². The summed E-state index contributed by atoms with van der Waals surface area (Å²) in [7, 11) is 0. The Hall–Kier alpha value is -3.46. The maximum absolute atomic E-state index is 6.00. The molecule has 0 spiro atoms. The molecule has 2 N–H and O–H groups in total. The third-order valence-corrected chi connectivity index (χ3v) is 4.95. The van der Waals surface area contributed by atoms with Gasteiger partial charge in [0.15, 0.2) is 11.4 Å². The fourth-order valence-electron chi connectivity index (χ4n) is 3.47. The summed E-state index contributed by atoms with van der Waals surface area (Å²) in [5, 5.41) is 4.45. The van der Waals surface area contributed by atoms with E-state index in [0.29, 0.717) is 23.2 Å². The molecule has 0 aliphatic carbocycles. The lowest BCUT2D eigenvalue weighted by Crippen LogP contribution is -2.46. The molecule has 9 heteroatoms. The summed E-state index contributed by atoms with van der Waals surface area (Å²) < 4.78 is 6.99. The average molecular weight is 376 g/mol. The van der Waals surface area contributed by atoms with Gasteiger partial charge in [0.05, 0.1) is 6.26 Å². The third-order valence-electron chi connectivity index (χ3n) is 4.95. The van der Waals surface area contributed by atoms with E-state index in [-0.39, 0.29) is 0 Å². The van der Waals surface area contributed by atoms with Gasteiger partial charge in [0, 0.05) is 50.7 Å². The Balaban J connectivity index is 1.35.